The van der Waals surface area contributed by atoms with Gasteiger partial charge in [-0.1, -0.05) is 6.58 Å². The number of hydrogen-bond acceptors (Lipinski definition) is 6. The van der Waals surface area contributed by atoms with Crippen LogP contribution in [0.2, 0.25) is 0 Å². The molecule has 1 fully saturated rings. The lowest BCUT2D eigenvalue weighted by Gasteiger charge is -2.39. The molecule has 2 bridgehead atoms. The minimum Gasteiger partial charge on any atom is -0.489 e. The van der Waals surface area contributed by atoms with Gasteiger partial charge in [0.15, 0.2) is 17.2 Å². The molecule has 2 aromatic heterocycles. The fourth-order valence-electron chi connectivity index (χ4n) is 4.89. The molecule has 1 saturated carbocycles. The van der Waals surface area contributed by atoms with E-state index in [1.54, 1.807) is 22.8 Å². The van der Waals surface area contributed by atoms with Crippen LogP contribution in [0.4, 0.5) is 10.2 Å². The molecule has 0 unspecified atom stereocenters. The van der Waals surface area contributed by atoms with Gasteiger partial charge in [-0.15, -0.1) is 0 Å². The first-order valence-electron chi connectivity index (χ1n) is 10.8. The minimum atomic E-state index is -0.274. The molecular weight excluding hydrogens is 397 g/mol. The molecule has 160 valence electrons. The Morgan fingerprint density at radius 2 is 2.13 bits per heavy atom. The van der Waals surface area contributed by atoms with E-state index in [4.69, 9.17) is 14.5 Å². The highest BCUT2D eigenvalue weighted by molar-refractivity contribution is 5.75. The van der Waals surface area contributed by atoms with Crippen molar-refractivity contribution in [2.45, 2.75) is 51.0 Å². The van der Waals surface area contributed by atoms with Crippen LogP contribution in [0.5, 0.6) is 11.5 Å². The van der Waals surface area contributed by atoms with Crippen LogP contribution in [0, 0.1) is 5.82 Å². The molecule has 6 rings (SSSR count). The number of ether oxygens (including phenoxy) is 2. The lowest BCUT2D eigenvalue weighted by molar-refractivity contribution is 0.168. The Morgan fingerprint density at radius 3 is 3.03 bits per heavy atom. The molecule has 7 nitrogen and oxygen atoms in total. The molecule has 3 aliphatic rings. The largest absolute Gasteiger partial charge is 0.489 e. The van der Waals surface area contributed by atoms with Crippen LogP contribution < -0.4 is 19.7 Å². The number of benzene rings is 1. The second kappa shape index (κ2) is 6.87. The van der Waals surface area contributed by atoms with Gasteiger partial charge >= 0.3 is 0 Å². The molecule has 2 aliphatic heterocycles. The molecule has 0 radical (unpaired) electrons. The summed E-state index contributed by atoms with van der Waals surface area (Å²) in [6.07, 6.45) is 6.71. The standard InChI is InChI=1S/C23H24FN5O2/c1-13-9-25-14(2)17-10-26-29-12-21-23(27-22(17)29)28(18-4-3-5-20(18)31-21)11-15-8-16(24)6-7-19(15)30-13/h6-8,10,12-13,18,20,25H,2-5,9,11H2,1H3/t13-,18+,20+/m0/s1. The van der Waals surface area contributed by atoms with E-state index < -0.39 is 0 Å². The van der Waals surface area contributed by atoms with Crippen LogP contribution in [-0.4, -0.2) is 39.4 Å². The number of nitrogens with one attached hydrogen (secondary N) is 1. The lowest BCUT2D eigenvalue weighted by atomic mass is 10.1. The zero-order valence-corrected chi connectivity index (χ0v) is 17.3. The van der Waals surface area contributed by atoms with E-state index in [-0.39, 0.29) is 24.1 Å². The van der Waals surface area contributed by atoms with Crippen molar-refractivity contribution in [3.63, 3.8) is 0 Å². The van der Waals surface area contributed by atoms with Gasteiger partial charge in [0.05, 0.1) is 30.5 Å². The predicted octanol–water partition coefficient (Wildman–Crippen LogP) is 3.53. The van der Waals surface area contributed by atoms with Gasteiger partial charge in [-0.3, -0.25) is 0 Å². The van der Waals surface area contributed by atoms with Crippen LogP contribution in [0.15, 0.2) is 37.2 Å². The number of halogens is 1. The van der Waals surface area contributed by atoms with E-state index in [9.17, 15) is 4.39 Å². The maximum Gasteiger partial charge on any atom is 0.180 e. The SMILES string of the molecule is C=C1NC[C@H](C)Oc2ccc(F)cc2CN2c3nc4c1cnn4cc3O[C@@H]1CCC[C@H]12. The van der Waals surface area contributed by atoms with E-state index in [1.165, 1.54) is 6.07 Å². The van der Waals surface area contributed by atoms with E-state index >= 15 is 0 Å². The molecule has 8 heteroatoms. The number of rotatable bonds is 0. The van der Waals surface area contributed by atoms with Crippen LogP contribution in [0.1, 0.15) is 37.3 Å². The highest BCUT2D eigenvalue weighted by Gasteiger charge is 2.41. The van der Waals surface area contributed by atoms with Gasteiger partial charge in [-0.05, 0) is 44.4 Å². The Morgan fingerprint density at radius 1 is 1.23 bits per heavy atom. The van der Waals surface area contributed by atoms with Crippen LogP contribution in [-0.2, 0) is 6.54 Å². The van der Waals surface area contributed by atoms with Crippen molar-refractivity contribution >= 4 is 17.2 Å². The Bertz CT molecular complexity index is 1190. The van der Waals surface area contributed by atoms with Crippen molar-refractivity contribution in [3.8, 4) is 11.5 Å². The van der Waals surface area contributed by atoms with E-state index in [2.05, 4.69) is 21.9 Å². The van der Waals surface area contributed by atoms with Crippen molar-refractivity contribution in [1.29, 1.82) is 0 Å². The highest BCUT2D eigenvalue weighted by Crippen LogP contribution is 2.42. The third-order valence-electron chi connectivity index (χ3n) is 6.43. The number of hydrogen-bond donors (Lipinski definition) is 1. The Hall–Kier alpha value is -3.29. The summed E-state index contributed by atoms with van der Waals surface area (Å²) in [4.78, 5) is 7.23. The Balaban J connectivity index is 1.56. The van der Waals surface area contributed by atoms with Crippen molar-refractivity contribution in [2.24, 2.45) is 0 Å². The molecule has 4 heterocycles. The molecule has 0 amide bonds. The van der Waals surface area contributed by atoms with Crippen molar-refractivity contribution < 1.29 is 13.9 Å². The predicted molar refractivity (Wildman–Crippen MR) is 115 cm³/mol. The summed E-state index contributed by atoms with van der Waals surface area (Å²) in [5.41, 5.74) is 3.09. The molecule has 1 aromatic carbocycles. The number of aromatic nitrogens is 3. The van der Waals surface area contributed by atoms with Crippen molar-refractivity contribution in [1.82, 2.24) is 19.9 Å². The Kier molecular flexibility index (Phi) is 4.09. The highest BCUT2D eigenvalue weighted by atomic mass is 19.1. The topological polar surface area (TPSA) is 63.9 Å². The van der Waals surface area contributed by atoms with Crippen LogP contribution in [0.3, 0.4) is 0 Å². The maximum absolute atomic E-state index is 14.2. The average molecular weight is 421 g/mol. The normalized spacial score (nSPS) is 24.9. The molecule has 3 atom stereocenters. The second-order valence-electron chi connectivity index (χ2n) is 8.58. The number of nitrogens with zero attached hydrogens (tertiary/aromatic N) is 4. The van der Waals surface area contributed by atoms with E-state index in [1.807, 2.05) is 13.1 Å². The van der Waals surface area contributed by atoms with Gasteiger partial charge in [-0.25, -0.2) is 13.9 Å². The number of anilines is 1. The number of fused-ring (bicyclic) bond motifs is 3. The van der Waals surface area contributed by atoms with Gasteiger partial charge in [0, 0.05) is 17.8 Å². The molecule has 1 N–H and O–H groups in total. The summed E-state index contributed by atoms with van der Waals surface area (Å²) < 4.78 is 28.5. The summed E-state index contributed by atoms with van der Waals surface area (Å²) in [6, 6.07) is 4.92. The molecule has 0 saturated heterocycles. The van der Waals surface area contributed by atoms with Gasteiger partial charge in [0.2, 0.25) is 0 Å². The third kappa shape index (κ3) is 3.00. The average Bonchev–Trinajstić information content (AvgIpc) is 3.38. The van der Waals surface area contributed by atoms with Gasteiger partial charge in [0.25, 0.3) is 0 Å². The third-order valence-corrected chi connectivity index (χ3v) is 6.43. The Labute approximate surface area is 179 Å². The first-order chi connectivity index (χ1) is 15.1. The smallest absolute Gasteiger partial charge is 0.180 e. The molecular formula is C23H24FN5O2. The van der Waals surface area contributed by atoms with Gasteiger partial charge in [-0.2, -0.15) is 5.10 Å². The minimum absolute atomic E-state index is 0.0888. The van der Waals surface area contributed by atoms with Crippen molar-refractivity contribution in [2.75, 3.05) is 11.4 Å². The van der Waals surface area contributed by atoms with Crippen LogP contribution >= 0.6 is 0 Å². The monoisotopic (exact) mass is 421 g/mol. The maximum atomic E-state index is 14.2. The van der Waals surface area contributed by atoms with Gasteiger partial charge in [0.1, 0.15) is 23.8 Å². The fourth-order valence-corrected chi connectivity index (χ4v) is 4.89. The summed E-state index contributed by atoms with van der Waals surface area (Å²) in [7, 11) is 0. The zero-order chi connectivity index (χ0) is 21.1. The van der Waals surface area contributed by atoms with Crippen LogP contribution in [0.25, 0.3) is 11.3 Å². The first-order valence-corrected chi connectivity index (χ1v) is 10.8. The lowest BCUT2D eigenvalue weighted by Crippen LogP contribution is -2.46. The quantitative estimate of drug-likeness (QED) is 0.599. The van der Waals surface area contributed by atoms with E-state index in [0.717, 1.165) is 41.9 Å². The molecule has 0 spiro atoms. The molecule has 1 aliphatic carbocycles. The second-order valence-corrected chi connectivity index (χ2v) is 8.58. The summed E-state index contributed by atoms with van der Waals surface area (Å²) in [5, 5.41) is 7.79. The molecule has 31 heavy (non-hydrogen) atoms. The zero-order valence-electron chi connectivity index (χ0n) is 17.3. The fraction of sp³-hybridized carbons (Fsp3) is 0.391. The molecule has 3 aromatic rings. The van der Waals surface area contributed by atoms with Gasteiger partial charge < -0.3 is 19.7 Å². The van der Waals surface area contributed by atoms with Crippen molar-refractivity contribution in [3.05, 3.63) is 54.1 Å². The first kappa shape index (κ1) is 18.5. The van der Waals surface area contributed by atoms with E-state index in [0.29, 0.717) is 30.2 Å². The summed E-state index contributed by atoms with van der Waals surface area (Å²) in [6.45, 7) is 7.22. The summed E-state index contributed by atoms with van der Waals surface area (Å²) >= 11 is 0. The summed E-state index contributed by atoms with van der Waals surface area (Å²) in [5.74, 6) is 1.87.